The van der Waals surface area contributed by atoms with Crippen molar-refractivity contribution >= 4 is 11.8 Å². The van der Waals surface area contributed by atoms with Gasteiger partial charge in [-0.05, 0) is 37.1 Å². The average Bonchev–Trinajstić information content (AvgIpc) is 2.29. The summed E-state index contributed by atoms with van der Waals surface area (Å²) in [6.45, 7) is 4.60. The minimum Gasteiger partial charge on any atom is -0.376 e. The number of aryl methyl sites for hydroxylation is 2. The quantitative estimate of drug-likeness (QED) is 0.837. The number of hydrogen-bond acceptors (Lipinski definition) is 3. The van der Waals surface area contributed by atoms with Crippen molar-refractivity contribution in [1.29, 1.82) is 0 Å². The van der Waals surface area contributed by atoms with E-state index in [0.29, 0.717) is 18.8 Å². The molecule has 2 amide bonds. The Bertz CT molecular complexity index is 521. The molecule has 0 radical (unpaired) electrons. The fourth-order valence-electron chi connectivity index (χ4n) is 2.10. The van der Waals surface area contributed by atoms with Crippen LogP contribution in [0.15, 0.2) is 18.2 Å². The number of rotatable bonds is 4. The van der Waals surface area contributed by atoms with Gasteiger partial charge in [0.25, 0.3) is 5.91 Å². The van der Waals surface area contributed by atoms with Crippen LogP contribution in [0.3, 0.4) is 0 Å². The number of primary amides is 1. The Labute approximate surface area is 112 Å². The van der Waals surface area contributed by atoms with E-state index in [1.165, 1.54) is 0 Å². The number of ether oxygens (including phenoxy) is 1. The van der Waals surface area contributed by atoms with Crippen molar-refractivity contribution in [2.24, 2.45) is 5.73 Å². The van der Waals surface area contributed by atoms with Crippen LogP contribution < -0.4 is 11.1 Å². The first-order chi connectivity index (χ1) is 8.92. The number of carbonyl (C=O) groups excluding carboxylic acids is 2. The molecular weight excluding hydrogens is 244 g/mol. The molecule has 2 rings (SSSR count). The first-order valence-electron chi connectivity index (χ1n) is 6.18. The number of benzene rings is 1. The molecule has 1 aromatic rings. The van der Waals surface area contributed by atoms with Crippen LogP contribution in [0, 0.1) is 13.8 Å². The molecular formula is C14H18N2O3. The van der Waals surface area contributed by atoms with Gasteiger partial charge < -0.3 is 15.8 Å². The van der Waals surface area contributed by atoms with Gasteiger partial charge in [0.15, 0.2) is 0 Å². The van der Waals surface area contributed by atoms with Crippen molar-refractivity contribution in [3.63, 3.8) is 0 Å². The van der Waals surface area contributed by atoms with Crippen LogP contribution in [0.2, 0.25) is 0 Å². The van der Waals surface area contributed by atoms with Gasteiger partial charge in [0.2, 0.25) is 5.91 Å². The van der Waals surface area contributed by atoms with Gasteiger partial charge in [0.1, 0.15) is 0 Å². The van der Waals surface area contributed by atoms with E-state index in [-0.39, 0.29) is 12.3 Å². The van der Waals surface area contributed by atoms with E-state index in [1.807, 2.05) is 26.0 Å². The molecule has 3 N–H and O–H groups in total. The highest BCUT2D eigenvalue weighted by Crippen LogP contribution is 2.22. The van der Waals surface area contributed by atoms with Gasteiger partial charge in [-0.25, -0.2) is 0 Å². The van der Waals surface area contributed by atoms with Gasteiger partial charge >= 0.3 is 0 Å². The minimum atomic E-state index is -0.637. The molecule has 0 saturated carbocycles. The molecule has 1 aliphatic heterocycles. The summed E-state index contributed by atoms with van der Waals surface area (Å²) in [6.07, 6.45) is 0.101. The Morgan fingerprint density at radius 3 is 2.47 bits per heavy atom. The molecule has 102 valence electrons. The lowest BCUT2D eigenvalue weighted by Crippen LogP contribution is -2.63. The van der Waals surface area contributed by atoms with Crippen LogP contribution in [-0.2, 0) is 9.53 Å². The lowest BCUT2D eigenvalue weighted by Gasteiger charge is -2.41. The Morgan fingerprint density at radius 2 is 2.00 bits per heavy atom. The lowest BCUT2D eigenvalue weighted by molar-refractivity contribution is -0.127. The minimum absolute atomic E-state index is 0.101. The summed E-state index contributed by atoms with van der Waals surface area (Å²) in [7, 11) is 0. The molecule has 1 heterocycles. The molecule has 1 saturated heterocycles. The normalized spacial score (nSPS) is 16.5. The van der Waals surface area contributed by atoms with Crippen LogP contribution in [0.1, 0.15) is 27.9 Å². The highest BCUT2D eigenvalue weighted by atomic mass is 16.5. The summed E-state index contributed by atoms with van der Waals surface area (Å²) in [4.78, 5) is 23.2. The second-order valence-corrected chi connectivity index (χ2v) is 5.17. The molecule has 0 aromatic heterocycles. The number of nitrogens with one attached hydrogen (secondary N) is 1. The average molecular weight is 262 g/mol. The van der Waals surface area contributed by atoms with Gasteiger partial charge in [0, 0.05) is 5.56 Å². The van der Waals surface area contributed by atoms with E-state index >= 15 is 0 Å². The van der Waals surface area contributed by atoms with Crippen molar-refractivity contribution in [1.82, 2.24) is 5.32 Å². The third-order valence-electron chi connectivity index (χ3n) is 3.42. The zero-order valence-electron chi connectivity index (χ0n) is 11.2. The van der Waals surface area contributed by atoms with Crippen LogP contribution in [0.25, 0.3) is 0 Å². The van der Waals surface area contributed by atoms with Crippen molar-refractivity contribution < 1.29 is 14.3 Å². The van der Waals surface area contributed by atoms with Gasteiger partial charge in [-0.15, -0.1) is 0 Å². The molecule has 1 aromatic carbocycles. The van der Waals surface area contributed by atoms with E-state index in [9.17, 15) is 9.59 Å². The zero-order chi connectivity index (χ0) is 14.0. The van der Waals surface area contributed by atoms with Gasteiger partial charge in [-0.1, -0.05) is 6.07 Å². The Morgan fingerprint density at radius 1 is 1.32 bits per heavy atom. The molecule has 5 heteroatoms. The predicted octanol–water partition coefficient (Wildman–Crippen LogP) is 0.678. The third-order valence-corrected chi connectivity index (χ3v) is 3.42. The van der Waals surface area contributed by atoms with Gasteiger partial charge in [-0.3, -0.25) is 9.59 Å². The molecule has 0 spiro atoms. The fourth-order valence-corrected chi connectivity index (χ4v) is 2.10. The molecule has 1 fully saturated rings. The van der Waals surface area contributed by atoms with Crippen molar-refractivity contribution in [2.45, 2.75) is 25.8 Å². The monoisotopic (exact) mass is 262 g/mol. The summed E-state index contributed by atoms with van der Waals surface area (Å²) >= 11 is 0. The Kier molecular flexibility index (Phi) is 3.57. The number of nitrogens with two attached hydrogens (primary N) is 1. The van der Waals surface area contributed by atoms with Crippen molar-refractivity contribution in [2.75, 3.05) is 13.2 Å². The predicted molar refractivity (Wildman–Crippen MR) is 70.7 cm³/mol. The summed E-state index contributed by atoms with van der Waals surface area (Å²) in [5.41, 5.74) is 7.34. The lowest BCUT2D eigenvalue weighted by atomic mass is 9.92. The highest BCUT2D eigenvalue weighted by molar-refractivity contribution is 5.95. The fraction of sp³-hybridized carbons (Fsp3) is 0.429. The molecule has 19 heavy (non-hydrogen) atoms. The summed E-state index contributed by atoms with van der Waals surface area (Å²) in [5.74, 6) is -0.642. The second kappa shape index (κ2) is 5.01. The second-order valence-electron chi connectivity index (χ2n) is 5.17. The molecule has 0 bridgehead atoms. The Hall–Kier alpha value is -1.88. The van der Waals surface area contributed by atoms with Gasteiger partial charge in [-0.2, -0.15) is 0 Å². The standard InChI is InChI=1S/C14H18N2O3/c1-9-3-4-11(5-10(9)2)13(18)16-14(6-12(15)17)7-19-8-14/h3-5H,6-8H2,1-2H3,(H2,15,17)(H,16,18). The summed E-state index contributed by atoms with van der Waals surface area (Å²) in [5, 5.41) is 2.86. The van der Waals surface area contributed by atoms with E-state index in [2.05, 4.69) is 5.32 Å². The molecule has 1 aliphatic rings. The largest absolute Gasteiger partial charge is 0.376 e. The van der Waals surface area contributed by atoms with Gasteiger partial charge in [0.05, 0.1) is 25.2 Å². The summed E-state index contributed by atoms with van der Waals surface area (Å²) < 4.78 is 5.10. The maximum atomic E-state index is 12.2. The number of hydrogen-bond donors (Lipinski definition) is 2. The number of carbonyl (C=O) groups is 2. The maximum Gasteiger partial charge on any atom is 0.251 e. The highest BCUT2D eigenvalue weighted by Gasteiger charge is 2.41. The topological polar surface area (TPSA) is 81.4 Å². The van der Waals surface area contributed by atoms with Crippen LogP contribution in [-0.4, -0.2) is 30.6 Å². The van der Waals surface area contributed by atoms with E-state index in [0.717, 1.165) is 11.1 Å². The van der Waals surface area contributed by atoms with E-state index < -0.39 is 11.4 Å². The first kappa shape index (κ1) is 13.5. The first-order valence-corrected chi connectivity index (χ1v) is 6.18. The van der Waals surface area contributed by atoms with E-state index in [1.54, 1.807) is 6.07 Å². The third kappa shape index (κ3) is 2.93. The number of amides is 2. The molecule has 0 unspecified atom stereocenters. The van der Waals surface area contributed by atoms with Crippen molar-refractivity contribution in [3.05, 3.63) is 34.9 Å². The maximum absolute atomic E-state index is 12.2. The Balaban J connectivity index is 2.11. The zero-order valence-corrected chi connectivity index (χ0v) is 11.2. The van der Waals surface area contributed by atoms with Crippen molar-refractivity contribution in [3.8, 4) is 0 Å². The SMILES string of the molecule is Cc1ccc(C(=O)NC2(CC(N)=O)COC2)cc1C. The summed E-state index contributed by atoms with van der Waals surface area (Å²) in [6, 6.07) is 5.51. The van der Waals surface area contributed by atoms with Crippen LogP contribution >= 0.6 is 0 Å². The van der Waals surface area contributed by atoms with Crippen LogP contribution in [0.4, 0.5) is 0 Å². The molecule has 0 aliphatic carbocycles. The molecule has 5 nitrogen and oxygen atoms in total. The smallest absolute Gasteiger partial charge is 0.251 e. The molecule has 0 atom stereocenters. The van der Waals surface area contributed by atoms with E-state index in [4.69, 9.17) is 10.5 Å². The van der Waals surface area contributed by atoms with Crippen LogP contribution in [0.5, 0.6) is 0 Å².